The lowest BCUT2D eigenvalue weighted by Crippen LogP contribution is -2.40. The number of aliphatic hydroxyl groups excluding tert-OH is 1. The molecule has 174 valence electrons. The number of phenolic OH excluding ortho intramolecular Hbond substituents is 1. The van der Waals surface area contributed by atoms with Crippen molar-refractivity contribution in [3.05, 3.63) is 88.4 Å². The van der Waals surface area contributed by atoms with Crippen LogP contribution in [0.4, 0.5) is 10.5 Å². The fourth-order valence-corrected chi connectivity index (χ4v) is 3.43. The van der Waals surface area contributed by atoms with Crippen LogP contribution in [0.2, 0.25) is 0 Å². The predicted molar refractivity (Wildman–Crippen MR) is 131 cm³/mol. The molecule has 0 bridgehead atoms. The summed E-state index contributed by atoms with van der Waals surface area (Å²) < 4.78 is 6.49. The Kier molecular flexibility index (Phi) is 8.97. The normalized spacial score (nSPS) is 11.6. The number of nitrogens with one attached hydrogen (secondary N) is 1. The van der Waals surface area contributed by atoms with Crippen LogP contribution in [0.5, 0.6) is 11.5 Å². The molecule has 7 nitrogen and oxygen atoms in total. The van der Waals surface area contributed by atoms with Crippen LogP contribution in [-0.2, 0) is 13.0 Å². The van der Waals surface area contributed by atoms with Crippen LogP contribution in [0.1, 0.15) is 11.1 Å². The monoisotopic (exact) mass is 514 g/mol. The maximum Gasteiger partial charge on any atom is 0.407 e. The van der Waals surface area contributed by atoms with Gasteiger partial charge in [0.1, 0.15) is 24.2 Å². The number of rotatable bonds is 11. The van der Waals surface area contributed by atoms with Crippen molar-refractivity contribution >= 4 is 27.7 Å². The van der Waals surface area contributed by atoms with E-state index < -0.39 is 12.2 Å². The number of amides is 1. The number of nitrogens with zero attached hydrogens (tertiary/aromatic N) is 1. The lowest BCUT2D eigenvalue weighted by Gasteiger charge is -2.22. The molecule has 0 fully saturated rings. The Morgan fingerprint density at radius 3 is 2.24 bits per heavy atom. The molecule has 0 heterocycles. The van der Waals surface area contributed by atoms with Crippen molar-refractivity contribution in [2.45, 2.75) is 19.1 Å². The first-order valence-electron chi connectivity index (χ1n) is 10.5. The Bertz CT molecular complexity index is 1010. The van der Waals surface area contributed by atoms with Crippen molar-refractivity contribution < 1.29 is 24.9 Å². The van der Waals surface area contributed by atoms with Crippen LogP contribution >= 0.6 is 15.9 Å². The minimum atomic E-state index is -1.09. The summed E-state index contributed by atoms with van der Waals surface area (Å²) in [5.41, 5.74) is 3.16. The van der Waals surface area contributed by atoms with Gasteiger partial charge in [-0.25, -0.2) is 4.79 Å². The fourth-order valence-electron chi connectivity index (χ4n) is 3.17. The molecule has 0 saturated heterocycles. The van der Waals surface area contributed by atoms with Gasteiger partial charge in [0.05, 0.1) is 6.54 Å². The summed E-state index contributed by atoms with van der Waals surface area (Å²) in [7, 11) is 0. The van der Waals surface area contributed by atoms with Gasteiger partial charge in [-0.05, 0) is 66.1 Å². The molecule has 0 aliphatic carbocycles. The van der Waals surface area contributed by atoms with Gasteiger partial charge in [0.2, 0.25) is 0 Å². The summed E-state index contributed by atoms with van der Waals surface area (Å²) >= 11 is 3.43. The first-order valence-corrected chi connectivity index (χ1v) is 11.3. The molecular formula is C25H27BrN2O5. The Morgan fingerprint density at radius 1 is 0.970 bits per heavy atom. The highest BCUT2D eigenvalue weighted by atomic mass is 79.9. The van der Waals surface area contributed by atoms with E-state index >= 15 is 0 Å². The highest BCUT2D eigenvalue weighted by Crippen LogP contribution is 2.17. The molecule has 0 radical (unpaired) electrons. The Hall–Kier alpha value is -3.23. The summed E-state index contributed by atoms with van der Waals surface area (Å²) in [6, 6.07) is 22.1. The third kappa shape index (κ3) is 8.32. The molecule has 33 heavy (non-hydrogen) atoms. The predicted octanol–water partition coefficient (Wildman–Crippen LogP) is 4.73. The van der Waals surface area contributed by atoms with Crippen LogP contribution < -0.4 is 10.1 Å². The second kappa shape index (κ2) is 12.1. The summed E-state index contributed by atoms with van der Waals surface area (Å²) in [4.78, 5) is 12.8. The number of hydrogen-bond donors (Lipinski definition) is 4. The van der Waals surface area contributed by atoms with Gasteiger partial charge < -0.3 is 30.3 Å². The fraction of sp³-hybridized carbons (Fsp3) is 0.240. The molecule has 0 aliphatic heterocycles. The van der Waals surface area contributed by atoms with Crippen molar-refractivity contribution in [3.8, 4) is 11.5 Å². The summed E-state index contributed by atoms with van der Waals surface area (Å²) in [5.74, 6) is 0.607. The molecule has 8 heteroatoms. The van der Waals surface area contributed by atoms with Crippen molar-refractivity contribution in [2.24, 2.45) is 0 Å². The minimum absolute atomic E-state index is 0.0483. The van der Waals surface area contributed by atoms with Gasteiger partial charge in [-0.2, -0.15) is 0 Å². The number of carboxylic acid groups (broad SMARTS) is 1. The molecule has 0 saturated carbocycles. The molecule has 0 aliphatic rings. The molecule has 4 N–H and O–H groups in total. The zero-order chi connectivity index (χ0) is 23.6. The van der Waals surface area contributed by atoms with E-state index in [1.165, 1.54) is 22.6 Å². The Balaban J connectivity index is 1.44. The zero-order valence-electron chi connectivity index (χ0n) is 18.0. The molecule has 0 unspecified atom stereocenters. The van der Waals surface area contributed by atoms with Crippen molar-refractivity contribution in [2.75, 3.05) is 25.0 Å². The third-order valence-electron chi connectivity index (χ3n) is 5.01. The molecule has 1 amide bonds. The van der Waals surface area contributed by atoms with Crippen molar-refractivity contribution in [3.63, 3.8) is 0 Å². The van der Waals surface area contributed by atoms with E-state index in [2.05, 4.69) is 33.4 Å². The van der Waals surface area contributed by atoms with Gasteiger partial charge in [0.15, 0.2) is 0 Å². The molecule has 3 aromatic carbocycles. The summed E-state index contributed by atoms with van der Waals surface area (Å²) in [6.07, 6.45) is -1.53. The topological polar surface area (TPSA) is 102 Å². The number of hydrogen-bond acceptors (Lipinski definition) is 5. The van der Waals surface area contributed by atoms with Crippen molar-refractivity contribution in [1.29, 1.82) is 0 Å². The first-order chi connectivity index (χ1) is 15.9. The molecule has 1 atom stereocenters. The number of phenols is 1. The smallest absolute Gasteiger partial charge is 0.407 e. The number of aromatic hydroxyl groups is 1. The van der Waals surface area contributed by atoms with Gasteiger partial charge >= 0.3 is 6.09 Å². The van der Waals surface area contributed by atoms with Crippen LogP contribution in [-0.4, -0.2) is 52.1 Å². The van der Waals surface area contributed by atoms with Crippen LogP contribution in [0.15, 0.2) is 77.3 Å². The average Bonchev–Trinajstić information content (AvgIpc) is 2.81. The quantitative estimate of drug-likeness (QED) is 0.295. The Labute approximate surface area is 201 Å². The van der Waals surface area contributed by atoms with E-state index in [9.17, 15) is 20.1 Å². The largest absolute Gasteiger partial charge is 0.508 e. The lowest BCUT2D eigenvalue weighted by atomic mass is 10.1. The van der Waals surface area contributed by atoms with E-state index in [1.54, 1.807) is 12.1 Å². The lowest BCUT2D eigenvalue weighted by molar-refractivity contribution is 0.0655. The number of aliphatic hydroxyl groups is 1. The number of ether oxygens (including phenoxy) is 1. The minimum Gasteiger partial charge on any atom is -0.508 e. The SMILES string of the molecule is O=C(O)N(CCc1ccc(NCc2ccc(Br)cc2)cc1)C[C@H](O)COc1ccc(O)cc1. The van der Waals surface area contributed by atoms with Gasteiger partial charge in [0, 0.05) is 23.2 Å². The van der Waals surface area contributed by atoms with Crippen LogP contribution in [0, 0.1) is 0 Å². The molecule has 0 aromatic heterocycles. The summed E-state index contributed by atoms with van der Waals surface area (Å²) in [6.45, 7) is 0.869. The third-order valence-corrected chi connectivity index (χ3v) is 5.54. The number of anilines is 1. The highest BCUT2D eigenvalue weighted by molar-refractivity contribution is 9.10. The maximum absolute atomic E-state index is 11.6. The summed E-state index contributed by atoms with van der Waals surface area (Å²) in [5, 5.41) is 32.3. The van der Waals surface area contributed by atoms with Gasteiger partial charge in [-0.3, -0.25) is 0 Å². The van der Waals surface area contributed by atoms with Gasteiger partial charge in [-0.15, -0.1) is 0 Å². The van der Waals surface area contributed by atoms with Gasteiger partial charge in [-0.1, -0.05) is 40.2 Å². The maximum atomic E-state index is 11.6. The molecule has 3 aromatic rings. The van der Waals surface area contributed by atoms with Gasteiger partial charge in [0.25, 0.3) is 0 Å². The number of carbonyl (C=O) groups is 1. The van der Waals surface area contributed by atoms with E-state index in [0.29, 0.717) is 18.7 Å². The first kappa shape index (κ1) is 24.4. The zero-order valence-corrected chi connectivity index (χ0v) is 19.6. The van der Waals surface area contributed by atoms with E-state index in [0.717, 1.165) is 15.7 Å². The van der Waals surface area contributed by atoms with Crippen LogP contribution in [0.25, 0.3) is 0 Å². The van der Waals surface area contributed by atoms with E-state index in [4.69, 9.17) is 4.74 Å². The van der Waals surface area contributed by atoms with Crippen LogP contribution in [0.3, 0.4) is 0 Å². The second-order valence-corrected chi connectivity index (χ2v) is 8.53. The second-order valence-electron chi connectivity index (χ2n) is 7.61. The molecule has 0 spiro atoms. The number of halogens is 1. The average molecular weight is 515 g/mol. The standard InChI is InChI=1S/C25H27BrN2O5/c26-20-5-1-19(2-6-20)15-27-21-7-3-18(4-8-21)13-14-28(25(31)32)16-23(30)17-33-24-11-9-22(29)10-12-24/h1-12,23,27,29-30H,13-17H2,(H,31,32)/t23-/m0/s1. The Morgan fingerprint density at radius 2 is 1.61 bits per heavy atom. The highest BCUT2D eigenvalue weighted by Gasteiger charge is 2.17. The van der Waals surface area contributed by atoms with Crippen molar-refractivity contribution in [1.82, 2.24) is 4.90 Å². The van der Waals surface area contributed by atoms with E-state index in [1.807, 2.05) is 36.4 Å². The molecule has 3 rings (SSSR count). The molecular weight excluding hydrogens is 488 g/mol. The van der Waals surface area contributed by atoms with E-state index in [-0.39, 0.29) is 25.4 Å². The number of benzene rings is 3.